The monoisotopic (exact) mass is 424 g/mol. The fourth-order valence-corrected chi connectivity index (χ4v) is 3.21. The summed E-state index contributed by atoms with van der Waals surface area (Å²) in [4.78, 5) is 12.5. The van der Waals surface area contributed by atoms with Crippen molar-refractivity contribution < 1.29 is 18.8 Å². The quantitative estimate of drug-likeness (QED) is 0.313. The van der Waals surface area contributed by atoms with Crippen molar-refractivity contribution in [2.45, 2.75) is 40.5 Å². The van der Waals surface area contributed by atoms with E-state index in [1.165, 1.54) is 0 Å². The van der Waals surface area contributed by atoms with Crippen molar-refractivity contribution in [2.24, 2.45) is 5.10 Å². The Balaban J connectivity index is 1.69. The number of aromatic nitrogens is 2. The highest BCUT2D eigenvalue weighted by Crippen LogP contribution is 2.28. The second-order valence-electron chi connectivity index (χ2n) is 7.22. The first-order chi connectivity index (χ1) is 14.9. The van der Waals surface area contributed by atoms with Gasteiger partial charge in [-0.3, -0.25) is 9.36 Å². The Morgan fingerprint density at radius 2 is 2.03 bits per heavy atom. The van der Waals surface area contributed by atoms with Crippen LogP contribution in [0.3, 0.4) is 0 Å². The Hall–Kier alpha value is -3.55. The van der Waals surface area contributed by atoms with E-state index in [0.717, 1.165) is 35.6 Å². The number of methoxy groups -OCH3 is 1. The van der Waals surface area contributed by atoms with E-state index in [4.69, 9.17) is 14.0 Å². The van der Waals surface area contributed by atoms with E-state index in [9.17, 15) is 4.79 Å². The number of hydrazone groups is 1. The zero-order valence-corrected chi connectivity index (χ0v) is 18.6. The maximum Gasteiger partial charge on any atom is 0.271 e. The fraction of sp³-hybridized carbons (Fsp3) is 0.348. The summed E-state index contributed by atoms with van der Waals surface area (Å²) in [5, 5.41) is 8.18. The smallest absolute Gasteiger partial charge is 0.271 e. The van der Waals surface area contributed by atoms with Crippen molar-refractivity contribution in [2.75, 3.05) is 13.7 Å². The molecule has 1 aromatic carbocycles. The second-order valence-corrected chi connectivity index (χ2v) is 7.22. The first-order valence-corrected chi connectivity index (χ1v) is 10.2. The number of carbonyl (C=O) groups is 1. The van der Waals surface area contributed by atoms with Crippen LogP contribution in [0.25, 0.3) is 5.82 Å². The molecule has 0 unspecified atom stereocenters. The van der Waals surface area contributed by atoms with Crippen molar-refractivity contribution in [1.82, 2.24) is 15.1 Å². The summed E-state index contributed by atoms with van der Waals surface area (Å²) in [6.07, 6.45) is 3.61. The van der Waals surface area contributed by atoms with Gasteiger partial charge in [0.1, 0.15) is 5.76 Å². The van der Waals surface area contributed by atoms with Crippen LogP contribution in [-0.2, 0) is 0 Å². The summed E-state index contributed by atoms with van der Waals surface area (Å²) in [5.74, 6) is 2.24. The average Bonchev–Trinajstić information content (AvgIpc) is 3.30. The summed E-state index contributed by atoms with van der Waals surface area (Å²) in [6, 6.07) is 8.91. The Kier molecular flexibility index (Phi) is 7.12. The molecule has 0 aliphatic rings. The molecule has 2 aromatic heterocycles. The van der Waals surface area contributed by atoms with Gasteiger partial charge in [0.15, 0.2) is 17.3 Å². The normalized spacial score (nSPS) is 11.1. The van der Waals surface area contributed by atoms with Gasteiger partial charge < -0.3 is 14.0 Å². The van der Waals surface area contributed by atoms with Crippen LogP contribution < -0.4 is 14.9 Å². The van der Waals surface area contributed by atoms with Gasteiger partial charge in [0.25, 0.3) is 5.91 Å². The first-order valence-electron chi connectivity index (χ1n) is 10.2. The van der Waals surface area contributed by atoms with E-state index in [-0.39, 0.29) is 5.91 Å². The molecule has 0 saturated carbocycles. The number of unbranched alkanes of at least 4 members (excludes halogenated alkanes) is 1. The van der Waals surface area contributed by atoms with Crippen LogP contribution >= 0.6 is 0 Å². The minimum Gasteiger partial charge on any atom is -0.493 e. The highest BCUT2D eigenvalue weighted by Gasteiger charge is 2.13. The summed E-state index contributed by atoms with van der Waals surface area (Å²) in [7, 11) is 1.55. The molecule has 8 nitrogen and oxygen atoms in total. The van der Waals surface area contributed by atoms with Crippen LogP contribution in [0.1, 0.15) is 52.8 Å². The highest BCUT2D eigenvalue weighted by atomic mass is 16.5. The highest BCUT2D eigenvalue weighted by molar-refractivity contribution is 5.95. The largest absolute Gasteiger partial charge is 0.493 e. The van der Waals surface area contributed by atoms with Crippen LogP contribution in [0, 0.1) is 20.8 Å². The fourth-order valence-electron chi connectivity index (χ4n) is 3.21. The lowest BCUT2D eigenvalue weighted by Gasteiger charge is -2.11. The minimum absolute atomic E-state index is 0.337. The zero-order valence-electron chi connectivity index (χ0n) is 18.6. The van der Waals surface area contributed by atoms with E-state index in [2.05, 4.69) is 22.6 Å². The van der Waals surface area contributed by atoms with Crippen molar-refractivity contribution in [3.05, 3.63) is 58.6 Å². The van der Waals surface area contributed by atoms with Gasteiger partial charge in [-0.1, -0.05) is 18.5 Å². The third kappa shape index (κ3) is 5.14. The Bertz CT molecular complexity index is 1080. The average molecular weight is 425 g/mol. The van der Waals surface area contributed by atoms with E-state index in [1.807, 2.05) is 37.5 Å². The summed E-state index contributed by atoms with van der Waals surface area (Å²) >= 11 is 0. The lowest BCUT2D eigenvalue weighted by atomic mass is 10.2. The molecule has 31 heavy (non-hydrogen) atoms. The van der Waals surface area contributed by atoms with Gasteiger partial charge in [0.2, 0.25) is 0 Å². The van der Waals surface area contributed by atoms with Crippen molar-refractivity contribution in [3.8, 4) is 17.3 Å². The van der Waals surface area contributed by atoms with Crippen LogP contribution in [-0.4, -0.2) is 35.6 Å². The van der Waals surface area contributed by atoms with Gasteiger partial charge in [0.05, 0.1) is 19.9 Å². The summed E-state index contributed by atoms with van der Waals surface area (Å²) in [6.45, 7) is 8.49. The number of ether oxygens (including phenoxy) is 2. The Labute approximate surface area is 181 Å². The van der Waals surface area contributed by atoms with Crippen LogP contribution in [0.15, 0.2) is 40.0 Å². The van der Waals surface area contributed by atoms with Gasteiger partial charge >= 0.3 is 0 Å². The van der Waals surface area contributed by atoms with Gasteiger partial charge in [-0.15, -0.1) is 0 Å². The van der Waals surface area contributed by atoms with E-state index in [1.54, 1.807) is 31.5 Å². The summed E-state index contributed by atoms with van der Waals surface area (Å²) in [5.41, 5.74) is 5.79. The molecule has 0 saturated heterocycles. The zero-order chi connectivity index (χ0) is 22.4. The number of hydrogen-bond acceptors (Lipinski definition) is 6. The molecule has 0 spiro atoms. The molecule has 0 fully saturated rings. The molecule has 164 valence electrons. The van der Waals surface area contributed by atoms with Crippen molar-refractivity contribution >= 4 is 12.1 Å². The topological polar surface area (TPSA) is 90.9 Å². The molecule has 1 N–H and O–H groups in total. The molecule has 3 rings (SSSR count). The molecule has 3 aromatic rings. The summed E-state index contributed by atoms with van der Waals surface area (Å²) < 4.78 is 18.2. The molecule has 0 radical (unpaired) electrons. The maximum absolute atomic E-state index is 12.5. The molecule has 8 heteroatoms. The number of nitrogens with zero attached hydrogens (tertiary/aromatic N) is 3. The maximum atomic E-state index is 12.5. The molecule has 0 aliphatic heterocycles. The molecule has 0 atom stereocenters. The molecule has 0 aliphatic carbocycles. The number of hydrogen-bond donors (Lipinski definition) is 1. The van der Waals surface area contributed by atoms with Gasteiger partial charge in [-0.2, -0.15) is 5.10 Å². The number of aryl methyl sites for hydroxylation is 2. The van der Waals surface area contributed by atoms with Gasteiger partial charge in [-0.25, -0.2) is 5.43 Å². The molecular weight excluding hydrogens is 396 g/mol. The lowest BCUT2D eigenvalue weighted by Crippen LogP contribution is -2.17. The van der Waals surface area contributed by atoms with Gasteiger partial charge in [-0.05, 0) is 51.5 Å². The Morgan fingerprint density at radius 1 is 1.23 bits per heavy atom. The first kappa shape index (κ1) is 22.1. The predicted molar refractivity (Wildman–Crippen MR) is 118 cm³/mol. The molecule has 1 amide bonds. The van der Waals surface area contributed by atoms with Crippen molar-refractivity contribution in [1.29, 1.82) is 0 Å². The van der Waals surface area contributed by atoms with E-state index >= 15 is 0 Å². The predicted octanol–water partition coefficient (Wildman–Crippen LogP) is 4.34. The van der Waals surface area contributed by atoms with Crippen LogP contribution in [0.2, 0.25) is 0 Å². The van der Waals surface area contributed by atoms with E-state index < -0.39 is 0 Å². The molecular formula is C23H28N4O4. The standard InChI is InChI=1S/C23H28N4O4/c1-6-7-10-30-20-9-8-18(13-21(20)29-5)23(28)25-24-14-19-11-15(2)27(17(19)4)22-12-16(3)31-26-22/h8-9,11-14H,6-7,10H2,1-5H3,(H,25,28)/b24-14-. The van der Waals surface area contributed by atoms with Crippen LogP contribution in [0.4, 0.5) is 0 Å². The number of nitrogens with one attached hydrogen (secondary N) is 1. The number of amides is 1. The lowest BCUT2D eigenvalue weighted by molar-refractivity contribution is 0.0954. The van der Waals surface area contributed by atoms with Crippen molar-refractivity contribution in [3.63, 3.8) is 0 Å². The minimum atomic E-state index is -0.337. The molecule has 2 heterocycles. The molecule has 0 bridgehead atoms. The second kappa shape index (κ2) is 9.97. The van der Waals surface area contributed by atoms with E-state index in [0.29, 0.717) is 29.5 Å². The third-order valence-electron chi connectivity index (χ3n) is 4.87. The number of carbonyl (C=O) groups excluding carboxylic acids is 1. The number of benzene rings is 1. The van der Waals surface area contributed by atoms with Gasteiger partial charge in [0, 0.05) is 28.6 Å². The Morgan fingerprint density at radius 3 is 2.71 bits per heavy atom. The van der Waals surface area contributed by atoms with Crippen LogP contribution in [0.5, 0.6) is 11.5 Å². The third-order valence-corrected chi connectivity index (χ3v) is 4.87. The SMILES string of the molecule is CCCCOc1ccc(C(=O)N/N=C\c2cc(C)n(-c3cc(C)on3)c2C)cc1OC. The number of rotatable bonds is 9.